The van der Waals surface area contributed by atoms with E-state index in [0.29, 0.717) is 16.4 Å². The lowest BCUT2D eigenvalue weighted by molar-refractivity contribution is 0.102. The summed E-state index contributed by atoms with van der Waals surface area (Å²) in [7, 11) is 0. The molecular formula is C13H11ClN2O. The molecule has 1 aromatic carbocycles. The molecule has 0 aliphatic carbocycles. The predicted octanol–water partition coefficient (Wildman–Crippen LogP) is 3.30. The van der Waals surface area contributed by atoms with Crippen LogP contribution in [0.2, 0.25) is 5.02 Å². The summed E-state index contributed by atoms with van der Waals surface area (Å²) >= 11 is 5.83. The number of rotatable bonds is 2. The molecule has 2 aromatic rings. The molecule has 0 saturated heterocycles. The van der Waals surface area contributed by atoms with Crippen LogP contribution in [0.5, 0.6) is 0 Å². The van der Waals surface area contributed by atoms with Crippen LogP contribution in [0.4, 0.5) is 5.69 Å². The zero-order valence-electron chi connectivity index (χ0n) is 9.27. The zero-order valence-corrected chi connectivity index (χ0v) is 10.0. The van der Waals surface area contributed by atoms with Gasteiger partial charge in [0.25, 0.3) is 5.91 Å². The Morgan fingerprint density at radius 2 is 2.12 bits per heavy atom. The molecule has 17 heavy (non-hydrogen) atoms. The molecule has 0 aliphatic heterocycles. The molecule has 0 unspecified atom stereocenters. The molecule has 1 heterocycles. The van der Waals surface area contributed by atoms with Gasteiger partial charge < -0.3 is 5.32 Å². The van der Waals surface area contributed by atoms with Crippen LogP contribution in [0.25, 0.3) is 0 Å². The van der Waals surface area contributed by atoms with E-state index < -0.39 is 0 Å². The van der Waals surface area contributed by atoms with Gasteiger partial charge in [0.15, 0.2) is 0 Å². The van der Waals surface area contributed by atoms with E-state index in [1.165, 1.54) is 0 Å². The van der Waals surface area contributed by atoms with E-state index in [1.807, 2.05) is 13.0 Å². The maximum absolute atomic E-state index is 11.9. The third kappa shape index (κ3) is 3.04. The topological polar surface area (TPSA) is 42.0 Å². The van der Waals surface area contributed by atoms with E-state index in [1.54, 1.807) is 36.5 Å². The van der Waals surface area contributed by atoms with E-state index in [4.69, 9.17) is 11.6 Å². The molecule has 0 aliphatic rings. The van der Waals surface area contributed by atoms with Crippen LogP contribution in [-0.4, -0.2) is 10.9 Å². The van der Waals surface area contributed by atoms with Crippen molar-refractivity contribution in [3.63, 3.8) is 0 Å². The molecule has 0 saturated carbocycles. The number of pyridine rings is 1. The van der Waals surface area contributed by atoms with E-state index >= 15 is 0 Å². The van der Waals surface area contributed by atoms with Crippen LogP contribution < -0.4 is 5.32 Å². The van der Waals surface area contributed by atoms with Gasteiger partial charge in [-0.1, -0.05) is 17.7 Å². The molecule has 86 valence electrons. The molecule has 0 fully saturated rings. The monoisotopic (exact) mass is 246 g/mol. The van der Waals surface area contributed by atoms with Gasteiger partial charge in [0, 0.05) is 16.9 Å². The van der Waals surface area contributed by atoms with Crippen molar-refractivity contribution in [2.45, 2.75) is 6.92 Å². The van der Waals surface area contributed by atoms with Gasteiger partial charge in [-0.3, -0.25) is 9.78 Å². The van der Waals surface area contributed by atoms with Crippen molar-refractivity contribution >= 4 is 23.2 Å². The summed E-state index contributed by atoms with van der Waals surface area (Å²) in [6.07, 6.45) is 1.61. The summed E-state index contributed by atoms with van der Waals surface area (Å²) in [6, 6.07) is 10.6. The molecule has 0 bridgehead atoms. The molecule has 0 atom stereocenters. The Kier molecular flexibility index (Phi) is 3.40. The van der Waals surface area contributed by atoms with Crippen molar-refractivity contribution in [2.24, 2.45) is 0 Å². The molecule has 1 aromatic heterocycles. The normalized spacial score (nSPS) is 10.0. The summed E-state index contributed by atoms with van der Waals surface area (Å²) < 4.78 is 0. The maximum Gasteiger partial charge on any atom is 0.274 e. The molecule has 4 heteroatoms. The van der Waals surface area contributed by atoms with Crippen LogP contribution in [0.3, 0.4) is 0 Å². The van der Waals surface area contributed by atoms with Gasteiger partial charge in [0.05, 0.1) is 0 Å². The van der Waals surface area contributed by atoms with Crippen molar-refractivity contribution in [1.82, 2.24) is 4.98 Å². The van der Waals surface area contributed by atoms with Crippen molar-refractivity contribution in [3.8, 4) is 0 Å². The van der Waals surface area contributed by atoms with Gasteiger partial charge in [0.2, 0.25) is 0 Å². The number of halogens is 1. The first kappa shape index (κ1) is 11.6. The average Bonchev–Trinajstić information content (AvgIpc) is 2.29. The van der Waals surface area contributed by atoms with Gasteiger partial charge in [0.1, 0.15) is 5.69 Å². The number of hydrogen-bond acceptors (Lipinski definition) is 2. The quantitative estimate of drug-likeness (QED) is 0.884. The second-order valence-corrected chi connectivity index (χ2v) is 4.12. The Labute approximate surface area is 104 Å². The Morgan fingerprint density at radius 3 is 2.82 bits per heavy atom. The molecule has 1 amide bonds. The van der Waals surface area contributed by atoms with Crippen molar-refractivity contribution in [1.29, 1.82) is 0 Å². The van der Waals surface area contributed by atoms with E-state index in [2.05, 4.69) is 10.3 Å². The number of carbonyl (C=O) groups excluding carboxylic acids is 1. The third-order valence-corrected chi connectivity index (χ3v) is 2.47. The van der Waals surface area contributed by atoms with Crippen LogP contribution in [0.1, 0.15) is 16.1 Å². The zero-order chi connectivity index (χ0) is 12.3. The van der Waals surface area contributed by atoms with Gasteiger partial charge in [-0.25, -0.2) is 0 Å². The number of aryl methyl sites for hydroxylation is 1. The van der Waals surface area contributed by atoms with E-state index in [0.717, 1.165) is 5.56 Å². The van der Waals surface area contributed by atoms with E-state index in [-0.39, 0.29) is 5.91 Å². The minimum Gasteiger partial charge on any atom is -0.321 e. The lowest BCUT2D eigenvalue weighted by atomic mass is 10.2. The molecule has 0 spiro atoms. The summed E-state index contributed by atoms with van der Waals surface area (Å²) in [5.41, 5.74) is 2.05. The fourth-order valence-corrected chi connectivity index (χ4v) is 1.61. The first-order valence-corrected chi connectivity index (χ1v) is 5.52. The van der Waals surface area contributed by atoms with Gasteiger partial charge in [-0.15, -0.1) is 0 Å². The third-order valence-electron chi connectivity index (χ3n) is 2.23. The fourth-order valence-electron chi connectivity index (χ4n) is 1.42. The van der Waals surface area contributed by atoms with E-state index in [9.17, 15) is 4.79 Å². The first-order valence-electron chi connectivity index (χ1n) is 5.15. The fraction of sp³-hybridized carbons (Fsp3) is 0.0769. The van der Waals surface area contributed by atoms with Gasteiger partial charge >= 0.3 is 0 Å². The minimum atomic E-state index is -0.240. The lowest BCUT2D eigenvalue weighted by Crippen LogP contribution is -2.13. The lowest BCUT2D eigenvalue weighted by Gasteiger charge is -2.05. The van der Waals surface area contributed by atoms with Crippen molar-refractivity contribution in [2.75, 3.05) is 5.32 Å². The molecular weight excluding hydrogens is 236 g/mol. The summed E-state index contributed by atoms with van der Waals surface area (Å²) in [4.78, 5) is 15.9. The second kappa shape index (κ2) is 4.97. The Bertz CT molecular complexity index is 555. The minimum absolute atomic E-state index is 0.240. The largest absolute Gasteiger partial charge is 0.321 e. The highest BCUT2D eigenvalue weighted by Crippen LogP contribution is 2.15. The summed E-state index contributed by atoms with van der Waals surface area (Å²) in [5.74, 6) is -0.240. The SMILES string of the molecule is Cc1ccnc(C(=O)Nc2cccc(Cl)c2)c1. The van der Waals surface area contributed by atoms with Crippen LogP contribution in [0, 0.1) is 6.92 Å². The maximum atomic E-state index is 11.9. The van der Waals surface area contributed by atoms with Crippen LogP contribution in [-0.2, 0) is 0 Å². The molecule has 0 radical (unpaired) electrons. The van der Waals surface area contributed by atoms with Gasteiger partial charge in [-0.05, 0) is 42.8 Å². The van der Waals surface area contributed by atoms with Gasteiger partial charge in [-0.2, -0.15) is 0 Å². The van der Waals surface area contributed by atoms with Crippen LogP contribution in [0.15, 0.2) is 42.6 Å². The summed E-state index contributed by atoms with van der Waals surface area (Å²) in [6.45, 7) is 1.91. The Hall–Kier alpha value is -1.87. The number of nitrogens with one attached hydrogen (secondary N) is 1. The highest BCUT2D eigenvalue weighted by molar-refractivity contribution is 6.30. The average molecular weight is 247 g/mol. The number of amides is 1. The Balaban J connectivity index is 2.17. The first-order chi connectivity index (χ1) is 8.15. The van der Waals surface area contributed by atoms with Crippen molar-refractivity contribution < 1.29 is 4.79 Å². The second-order valence-electron chi connectivity index (χ2n) is 3.68. The number of nitrogens with zero attached hydrogens (tertiary/aromatic N) is 1. The Morgan fingerprint density at radius 1 is 1.29 bits per heavy atom. The molecule has 3 nitrogen and oxygen atoms in total. The number of benzene rings is 1. The smallest absolute Gasteiger partial charge is 0.274 e. The number of hydrogen-bond donors (Lipinski definition) is 1. The standard InChI is InChI=1S/C13H11ClN2O/c1-9-5-6-15-12(7-9)13(17)16-11-4-2-3-10(14)8-11/h2-8H,1H3,(H,16,17). The highest BCUT2D eigenvalue weighted by Gasteiger charge is 2.07. The summed E-state index contributed by atoms with van der Waals surface area (Å²) in [5, 5.41) is 3.32. The predicted molar refractivity (Wildman–Crippen MR) is 68.4 cm³/mol. The molecule has 1 N–H and O–H groups in total. The number of anilines is 1. The number of aromatic nitrogens is 1. The van der Waals surface area contributed by atoms with Crippen LogP contribution >= 0.6 is 11.6 Å². The highest BCUT2D eigenvalue weighted by atomic mass is 35.5. The number of carbonyl (C=O) groups is 1. The molecule has 2 rings (SSSR count). The van der Waals surface area contributed by atoms with Crippen molar-refractivity contribution in [3.05, 3.63) is 58.9 Å².